The molecule has 1 saturated carbocycles. The molecule has 0 aliphatic heterocycles. The van der Waals surface area contributed by atoms with Crippen molar-refractivity contribution >= 4 is 23.4 Å². The van der Waals surface area contributed by atoms with E-state index in [-0.39, 0.29) is 5.82 Å². The van der Waals surface area contributed by atoms with Crippen LogP contribution in [0.3, 0.4) is 0 Å². The van der Waals surface area contributed by atoms with Gasteiger partial charge >= 0.3 is 0 Å². The van der Waals surface area contributed by atoms with Crippen LogP contribution in [-0.2, 0) is 6.54 Å². The van der Waals surface area contributed by atoms with Crippen LogP contribution in [0.25, 0.3) is 0 Å². The first kappa shape index (κ1) is 13.9. The van der Waals surface area contributed by atoms with Crippen LogP contribution in [0.2, 0.25) is 5.02 Å². The number of hydrogen-bond donors (Lipinski definition) is 1. The van der Waals surface area contributed by atoms with Gasteiger partial charge in [-0.25, -0.2) is 4.39 Å². The number of halogens is 2. The summed E-state index contributed by atoms with van der Waals surface area (Å²) in [5, 5.41) is 4.09. The van der Waals surface area contributed by atoms with Gasteiger partial charge in [-0.1, -0.05) is 35.5 Å². The quantitative estimate of drug-likeness (QED) is 0.844. The minimum atomic E-state index is -0.199. The molecule has 2 aromatic rings. The molecule has 20 heavy (non-hydrogen) atoms. The smallest absolute Gasteiger partial charge is 0.124 e. The minimum absolute atomic E-state index is 0.199. The summed E-state index contributed by atoms with van der Waals surface area (Å²) in [6, 6.07) is 13.4. The van der Waals surface area contributed by atoms with Crippen molar-refractivity contribution in [1.29, 1.82) is 0 Å². The highest BCUT2D eigenvalue weighted by atomic mass is 35.5. The molecule has 1 fully saturated rings. The Kier molecular flexibility index (Phi) is 4.29. The summed E-state index contributed by atoms with van der Waals surface area (Å²) in [5.74, 6) is -0.199. The highest BCUT2D eigenvalue weighted by molar-refractivity contribution is 7.99. The second-order valence-corrected chi connectivity index (χ2v) is 6.51. The van der Waals surface area contributed by atoms with Crippen molar-refractivity contribution in [3.8, 4) is 0 Å². The molecule has 1 aliphatic carbocycles. The van der Waals surface area contributed by atoms with Crippen molar-refractivity contribution in [3.63, 3.8) is 0 Å². The van der Waals surface area contributed by atoms with Gasteiger partial charge in [0.25, 0.3) is 0 Å². The molecule has 0 radical (unpaired) electrons. The lowest BCUT2D eigenvalue weighted by molar-refractivity contribution is 0.615. The SMILES string of the molecule is Fc1cc(CNC2CC2)cc(Sc2ccccc2Cl)c1. The van der Waals surface area contributed by atoms with E-state index in [4.69, 9.17) is 11.6 Å². The number of hydrogen-bond acceptors (Lipinski definition) is 2. The van der Waals surface area contributed by atoms with E-state index in [1.165, 1.54) is 24.6 Å². The van der Waals surface area contributed by atoms with Crippen LogP contribution < -0.4 is 5.32 Å². The van der Waals surface area contributed by atoms with Crippen LogP contribution in [0.1, 0.15) is 18.4 Å². The fourth-order valence-corrected chi connectivity index (χ4v) is 3.19. The zero-order chi connectivity index (χ0) is 13.9. The molecule has 0 aromatic heterocycles. The Balaban J connectivity index is 1.76. The van der Waals surface area contributed by atoms with Crippen LogP contribution in [0.5, 0.6) is 0 Å². The molecule has 2 aromatic carbocycles. The Hall–Kier alpha value is -1.03. The lowest BCUT2D eigenvalue weighted by atomic mass is 10.2. The van der Waals surface area contributed by atoms with E-state index in [0.29, 0.717) is 11.1 Å². The molecule has 0 bridgehead atoms. The van der Waals surface area contributed by atoms with E-state index >= 15 is 0 Å². The molecule has 0 atom stereocenters. The number of nitrogens with one attached hydrogen (secondary N) is 1. The molecule has 1 nitrogen and oxygen atoms in total. The van der Waals surface area contributed by atoms with Gasteiger partial charge < -0.3 is 5.32 Å². The highest BCUT2D eigenvalue weighted by Gasteiger charge is 2.20. The average Bonchev–Trinajstić information content (AvgIpc) is 3.23. The van der Waals surface area contributed by atoms with Gasteiger partial charge in [-0.15, -0.1) is 0 Å². The van der Waals surface area contributed by atoms with Crippen molar-refractivity contribution in [3.05, 3.63) is 58.9 Å². The molecule has 0 spiro atoms. The molecular weight excluding hydrogens is 293 g/mol. The fraction of sp³-hybridized carbons (Fsp3) is 0.250. The van der Waals surface area contributed by atoms with Crippen molar-refractivity contribution in [2.45, 2.75) is 35.2 Å². The molecule has 0 amide bonds. The Bertz CT molecular complexity index is 613. The Labute approximate surface area is 127 Å². The van der Waals surface area contributed by atoms with Crippen LogP contribution in [0, 0.1) is 5.82 Å². The summed E-state index contributed by atoms with van der Waals surface area (Å²) >= 11 is 7.63. The third-order valence-corrected chi connectivity index (χ3v) is 4.66. The van der Waals surface area contributed by atoms with Crippen LogP contribution in [0.4, 0.5) is 4.39 Å². The van der Waals surface area contributed by atoms with Gasteiger partial charge in [0.1, 0.15) is 5.82 Å². The first-order valence-electron chi connectivity index (χ1n) is 6.66. The monoisotopic (exact) mass is 307 g/mol. The summed E-state index contributed by atoms with van der Waals surface area (Å²) in [6.07, 6.45) is 2.47. The maximum absolute atomic E-state index is 13.7. The van der Waals surface area contributed by atoms with E-state index in [9.17, 15) is 4.39 Å². The maximum Gasteiger partial charge on any atom is 0.124 e. The predicted molar refractivity (Wildman–Crippen MR) is 81.8 cm³/mol. The molecule has 4 heteroatoms. The van der Waals surface area contributed by atoms with E-state index in [1.807, 2.05) is 30.3 Å². The molecule has 0 heterocycles. The largest absolute Gasteiger partial charge is 0.310 e. The first-order chi connectivity index (χ1) is 9.70. The molecule has 3 rings (SSSR count). The van der Waals surface area contributed by atoms with Gasteiger partial charge in [0.05, 0.1) is 5.02 Å². The molecular formula is C16H15ClFNS. The third kappa shape index (κ3) is 3.75. The molecule has 104 valence electrons. The first-order valence-corrected chi connectivity index (χ1v) is 7.85. The predicted octanol–water partition coefficient (Wildman–Crippen LogP) is 4.88. The molecule has 0 unspecified atom stereocenters. The zero-order valence-corrected chi connectivity index (χ0v) is 12.5. The van der Waals surface area contributed by atoms with Gasteiger partial charge in [-0.3, -0.25) is 0 Å². The van der Waals surface area contributed by atoms with Gasteiger partial charge in [0, 0.05) is 22.4 Å². The standard InChI is InChI=1S/C16H15ClFNS/c17-15-3-1-2-4-16(15)20-14-8-11(7-12(18)9-14)10-19-13-5-6-13/h1-4,7-9,13,19H,5-6,10H2. The fourth-order valence-electron chi connectivity index (χ4n) is 1.99. The summed E-state index contributed by atoms with van der Waals surface area (Å²) in [5.41, 5.74) is 0.978. The topological polar surface area (TPSA) is 12.0 Å². The van der Waals surface area contributed by atoms with E-state index in [2.05, 4.69) is 5.32 Å². The second kappa shape index (κ2) is 6.17. The van der Waals surface area contributed by atoms with Gasteiger partial charge in [-0.2, -0.15) is 0 Å². The Morgan fingerprint density at radius 1 is 1.20 bits per heavy atom. The number of benzene rings is 2. The second-order valence-electron chi connectivity index (χ2n) is 4.98. The van der Waals surface area contributed by atoms with Crippen LogP contribution >= 0.6 is 23.4 Å². The lowest BCUT2D eigenvalue weighted by Gasteiger charge is -2.08. The molecule has 0 saturated heterocycles. The molecule has 1 aliphatic rings. The average molecular weight is 308 g/mol. The van der Waals surface area contributed by atoms with Crippen molar-refractivity contribution in [2.75, 3.05) is 0 Å². The highest BCUT2D eigenvalue weighted by Crippen LogP contribution is 2.34. The summed E-state index contributed by atoms with van der Waals surface area (Å²) in [6.45, 7) is 0.721. The van der Waals surface area contributed by atoms with Gasteiger partial charge in [-0.05, 0) is 48.7 Å². The molecule has 1 N–H and O–H groups in total. The van der Waals surface area contributed by atoms with Crippen LogP contribution in [-0.4, -0.2) is 6.04 Å². The Morgan fingerprint density at radius 2 is 2.00 bits per heavy atom. The minimum Gasteiger partial charge on any atom is -0.310 e. The van der Waals surface area contributed by atoms with Gasteiger partial charge in [0.15, 0.2) is 0 Å². The maximum atomic E-state index is 13.7. The summed E-state index contributed by atoms with van der Waals surface area (Å²) in [7, 11) is 0. The van der Waals surface area contributed by atoms with Crippen molar-refractivity contribution in [2.24, 2.45) is 0 Å². The van der Waals surface area contributed by atoms with E-state index in [0.717, 1.165) is 21.9 Å². The van der Waals surface area contributed by atoms with Crippen molar-refractivity contribution in [1.82, 2.24) is 5.32 Å². The third-order valence-electron chi connectivity index (χ3n) is 3.17. The Morgan fingerprint density at radius 3 is 2.75 bits per heavy atom. The normalized spacial score (nSPS) is 14.5. The summed E-state index contributed by atoms with van der Waals surface area (Å²) < 4.78 is 13.7. The van der Waals surface area contributed by atoms with E-state index in [1.54, 1.807) is 12.1 Å². The van der Waals surface area contributed by atoms with Crippen LogP contribution in [0.15, 0.2) is 52.3 Å². The zero-order valence-electron chi connectivity index (χ0n) is 10.9. The number of rotatable bonds is 5. The summed E-state index contributed by atoms with van der Waals surface area (Å²) in [4.78, 5) is 1.83. The van der Waals surface area contributed by atoms with E-state index < -0.39 is 0 Å². The lowest BCUT2D eigenvalue weighted by Crippen LogP contribution is -2.15. The van der Waals surface area contributed by atoms with Crippen molar-refractivity contribution < 1.29 is 4.39 Å². The van der Waals surface area contributed by atoms with Gasteiger partial charge in [0.2, 0.25) is 0 Å².